The van der Waals surface area contributed by atoms with Crippen LogP contribution < -0.4 is 30.3 Å². The highest BCUT2D eigenvalue weighted by Gasteiger charge is 2.30. The van der Waals surface area contributed by atoms with Crippen molar-refractivity contribution in [3.63, 3.8) is 0 Å². The zero-order chi connectivity index (χ0) is 23.4. The van der Waals surface area contributed by atoms with Crippen molar-refractivity contribution in [2.24, 2.45) is 0 Å². The number of urea groups is 1. The van der Waals surface area contributed by atoms with E-state index in [1.807, 2.05) is 6.07 Å². The molecule has 0 saturated heterocycles. The van der Waals surface area contributed by atoms with Crippen LogP contribution in [0.15, 0.2) is 29.1 Å². The standard InChI is InChI=1S/C23H26N2O7/c1-24-23(28)25-16-8-6-12-10-18(29-2)20(30-3)21(31-4)19(12)13-7-9-17(26)15(11-14(13)16)22(27)32-5/h7,9-11,16H,6,8H2,1-5H3,(H2,24,25,28)/t16-/m0/s1. The Morgan fingerprint density at radius 1 is 1.00 bits per heavy atom. The molecule has 1 atom stereocenters. The minimum atomic E-state index is -0.754. The van der Waals surface area contributed by atoms with Gasteiger partial charge in [0.2, 0.25) is 5.75 Å². The summed E-state index contributed by atoms with van der Waals surface area (Å²) in [6, 6.07) is 5.40. The van der Waals surface area contributed by atoms with Gasteiger partial charge in [-0.1, -0.05) is 0 Å². The number of carbonyl (C=O) groups excluding carboxylic acids is 2. The van der Waals surface area contributed by atoms with Crippen molar-refractivity contribution in [2.45, 2.75) is 18.9 Å². The zero-order valence-electron chi connectivity index (χ0n) is 18.7. The molecule has 1 aliphatic rings. The van der Waals surface area contributed by atoms with Crippen LogP contribution in [0.3, 0.4) is 0 Å². The first-order valence-corrected chi connectivity index (χ1v) is 9.97. The summed E-state index contributed by atoms with van der Waals surface area (Å²) in [4.78, 5) is 37.1. The number of hydrogen-bond acceptors (Lipinski definition) is 7. The van der Waals surface area contributed by atoms with Gasteiger partial charge in [0, 0.05) is 12.6 Å². The molecule has 32 heavy (non-hydrogen) atoms. The first-order chi connectivity index (χ1) is 15.4. The minimum Gasteiger partial charge on any atom is -0.493 e. The second-order valence-electron chi connectivity index (χ2n) is 7.11. The second-order valence-corrected chi connectivity index (χ2v) is 7.11. The van der Waals surface area contributed by atoms with E-state index < -0.39 is 17.4 Å². The average Bonchev–Trinajstić information content (AvgIpc) is 3.06. The van der Waals surface area contributed by atoms with E-state index in [0.717, 1.165) is 5.56 Å². The van der Waals surface area contributed by atoms with E-state index in [-0.39, 0.29) is 11.6 Å². The van der Waals surface area contributed by atoms with Gasteiger partial charge in [0.25, 0.3) is 0 Å². The van der Waals surface area contributed by atoms with Crippen molar-refractivity contribution in [3.8, 4) is 28.4 Å². The van der Waals surface area contributed by atoms with E-state index in [4.69, 9.17) is 18.9 Å². The number of hydrogen-bond donors (Lipinski definition) is 2. The molecule has 2 aromatic carbocycles. The predicted molar refractivity (Wildman–Crippen MR) is 118 cm³/mol. The molecule has 0 aromatic heterocycles. The Labute approximate surface area is 185 Å². The molecular weight excluding hydrogens is 416 g/mol. The van der Waals surface area contributed by atoms with Crippen molar-refractivity contribution >= 4 is 12.0 Å². The molecule has 1 aliphatic carbocycles. The van der Waals surface area contributed by atoms with Crippen LogP contribution in [0.1, 0.15) is 33.9 Å². The fraction of sp³-hybridized carbons (Fsp3) is 0.348. The molecule has 170 valence electrons. The van der Waals surface area contributed by atoms with Crippen LogP contribution in [0.4, 0.5) is 4.79 Å². The van der Waals surface area contributed by atoms with Gasteiger partial charge in [-0.3, -0.25) is 4.79 Å². The summed E-state index contributed by atoms with van der Waals surface area (Å²) in [5, 5.41) is 5.45. The Bertz CT molecular complexity index is 1110. The monoisotopic (exact) mass is 442 g/mol. The maximum absolute atomic E-state index is 12.7. The smallest absolute Gasteiger partial charge is 0.341 e. The molecule has 2 amide bonds. The molecule has 2 aromatic rings. The zero-order valence-corrected chi connectivity index (χ0v) is 18.7. The lowest BCUT2D eigenvalue weighted by Crippen LogP contribution is -2.36. The molecule has 0 bridgehead atoms. The number of fused-ring (bicyclic) bond motifs is 3. The summed E-state index contributed by atoms with van der Waals surface area (Å²) in [5.41, 5.74) is 2.18. The highest BCUT2D eigenvalue weighted by atomic mass is 16.5. The second kappa shape index (κ2) is 9.59. The highest BCUT2D eigenvalue weighted by molar-refractivity contribution is 5.91. The third-order valence-electron chi connectivity index (χ3n) is 5.47. The Morgan fingerprint density at radius 3 is 2.31 bits per heavy atom. The number of carbonyl (C=O) groups is 2. The van der Waals surface area contributed by atoms with Gasteiger partial charge < -0.3 is 29.6 Å². The third kappa shape index (κ3) is 4.05. The Balaban J connectivity index is 2.42. The average molecular weight is 442 g/mol. The van der Waals surface area contributed by atoms with Gasteiger partial charge in [-0.15, -0.1) is 0 Å². The molecular formula is C23H26N2O7. The SMILES string of the molecule is CNC(=O)N[C@H]1CCc2cc(OC)c(OC)c(OC)c2-c2ccc(=O)c(C(=O)OC)cc21. The maximum Gasteiger partial charge on any atom is 0.341 e. The first kappa shape index (κ1) is 22.9. The van der Waals surface area contributed by atoms with Gasteiger partial charge in [-0.25, -0.2) is 9.59 Å². The summed E-state index contributed by atoms with van der Waals surface area (Å²) in [5.74, 6) is 0.583. The van der Waals surface area contributed by atoms with Crippen molar-refractivity contribution in [2.75, 3.05) is 35.5 Å². The van der Waals surface area contributed by atoms with E-state index in [2.05, 4.69) is 10.6 Å². The molecule has 0 saturated carbocycles. The van der Waals surface area contributed by atoms with Gasteiger partial charge >= 0.3 is 12.0 Å². The molecule has 3 rings (SSSR count). The lowest BCUT2D eigenvalue weighted by Gasteiger charge is -2.20. The van der Waals surface area contributed by atoms with E-state index in [0.29, 0.717) is 46.8 Å². The van der Waals surface area contributed by atoms with Gasteiger partial charge in [-0.2, -0.15) is 0 Å². The van der Waals surface area contributed by atoms with Crippen LogP contribution in [0.2, 0.25) is 0 Å². The molecule has 9 heteroatoms. The number of ether oxygens (including phenoxy) is 4. The molecule has 0 aliphatic heterocycles. The molecule has 9 nitrogen and oxygen atoms in total. The van der Waals surface area contributed by atoms with Gasteiger partial charge in [0.05, 0.1) is 34.5 Å². The first-order valence-electron chi connectivity index (χ1n) is 9.97. The number of benzene rings is 1. The fourth-order valence-corrected chi connectivity index (χ4v) is 3.97. The summed E-state index contributed by atoms with van der Waals surface area (Å²) in [7, 11) is 7.29. The largest absolute Gasteiger partial charge is 0.493 e. The molecule has 0 radical (unpaired) electrons. The summed E-state index contributed by atoms with van der Waals surface area (Å²) >= 11 is 0. The number of amides is 2. The van der Waals surface area contributed by atoms with Crippen molar-refractivity contribution in [1.82, 2.24) is 10.6 Å². The van der Waals surface area contributed by atoms with Gasteiger partial charge in [-0.05, 0) is 53.8 Å². The summed E-state index contributed by atoms with van der Waals surface area (Å²) < 4.78 is 21.6. The van der Waals surface area contributed by atoms with E-state index in [1.54, 1.807) is 6.07 Å². The molecule has 0 spiro atoms. The quantitative estimate of drug-likeness (QED) is 0.684. The predicted octanol–water partition coefficient (Wildman–Crippen LogP) is 2.44. The van der Waals surface area contributed by atoms with E-state index in [1.165, 1.54) is 47.6 Å². The van der Waals surface area contributed by atoms with Crippen LogP contribution in [0, 0.1) is 0 Å². The number of esters is 1. The molecule has 0 unspecified atom stereocenters. The van der Waals surface area contributed by atoms with Crippen LogP contribution in [0.25, 0.3) is 11.1 Å². The number of methoxy groups -OCH3 is 4. The number of nitrogens with one attached hydrogen (secondary N) is 2. The summed E-state index contributed by atoms with van der Waals surface area (Å²) in [6.45, 7) is 0. The highest BCUT2D eigenvalue weighted by Crippen LogP contribution is 2.50. The number of rotatable bonds is 5. The van der Waals surface area contributed by atoms with Crippen molar-refractivity contribution in [1.29, 1.82) is 0 Å². The Morgan fingerprint density at radius 2 is 1.72 bits per heavy atom. The number of aryl methyl sites for hydroxylation is 1. The Hall–Kier alpha value is -3.75. The lowest BCUT2D eigenvalue weighted by molar-refractivity contribution is 0.0599. The molecule has 0 heterocycles. The van der Waals surface area contributed by atoms with Crippen molar-refractivity contribution < 1.29 is 28.5 Å². The van der Waals surface area contributed by atoms with E-state index in [9.17, 15) is 14.4 Å². The lowest BCUT2D eigenvalue weighted by atomic mass is 9.95. The van der Waals surface area contributed by atoms with Crippen LogP contribution in [-0.2, 0) is 11.2 Å². The normalized spacial score (nSPS) is 14.2. The van der Waals surface area contributed by atoms with Crippen LogP contribution in [-0.4, -0.2) is 47.5 Å². The van der Waals surface area contributed by atoms with Crippen molar-refractivity contribution in [3.05, 3.63) is 51.2 Å². The Kier molecular flexibility index (Phi) is 6.87. The summed E-state index contributed by atoms with van der Waals surface area (Å²) in [6.07, 6.45) is 1.07. The maximum atomic E-state index is 12.7. The van der Waals surface area contributed by atoms with E-state index >= 15 is 0 Å². The third-order valence-corrected chi connectivity index (χ3v) is 5.47. The van der Waals surface area contributed by atoms with Crippen LogP contribution >= 0.6 is 0 Å². The topological polar surface area (TPSA) is 112 Å². The molecule has 0 fully saturated rings. The van der Waals surface area contributed by atoms with Crippen LogP contribution in [0.5, 0.6) is 17.2 Å². The van der Waals surface area contributed by atoms with Gasteiger partial charge in [0.1, 0.15) is 5.56 Å². The fourth-order valence-electron chi connectivity index (χ4n) is 3.97. The molecule has 2 N–H and O–H groups in total. The minimum absolute atomic E-state index is 0.125. The van der Waals surface area contributed by atoms with Gasteiger partial charge in [0.15, 0.2) is 16.9 Å².